The highest BCUT2D eigenvalue weighted by Gasteiger charge is 2.42. The molecule has 0 aliphatic heterocycles. The zero-order chi connectivity index (χ0) is 12.3. The first-order valence-corrected chi connectivity index (χ1v) is 6.52. The molecule has 1 aromatic rings. The van der Waals surface area contributed by atoms with E-state index >= 15 is 0 Å². The molecule has 0 bridgehead atoms. The van der Waals surface area contributed by atoms with Gasteiger partial charge in [0, 0.05) is 6.04 Å². The van der Waals surface area contributed by atoms with Gasteiger partial charge in [-0.25, -0.2) is 0 Å². The van der Waals surface area contributed by atoms with Gasteiger partial charge in [0.15, 0.2) is 0 Å². The summed E-state index contributed by atoms with van der Waals surface area (Å²) >= 11 is 0. The number of carbonyl (C=O) groups is 1. The van der Waals surface area contributed by atoms with E-state index in [0.29, 0.717) is 0 Å². The van der Waals surface area contributed by atoms with E-state index < -0.39 is 0 Å². The summed E-state index contributed by atoms with van der Waals surface area (Å²) in [7, 11) is 0. The molecule has 0 saturated heterocycles. The molecule has 0 heterocycles. The Balaban J connectivity index is 2.30. The maximum Gasteiger partial charge on any atom is 0.230 e. The van der Waals surface area contributed by atoms with Gasteiger partial charge in [0.05, 0.1) is 5.41 Å². The minimum atomic E-state index is -0.272. The number of amides is 1. The Morgan fingerprint density at radius 2 is 1.76 bits per heavy atom. The molecule has 0 spiro atoms. The fourth-order valence-corrected chi connectivity index (χ4v) is 2.78. The molecule has 2 heteroatoms. The van der Waals surface area contributed by atoms with Gasteiger partial charge >= 0.3 is 0 Å². The zero-order valence-corrected chi connectivity index (χ0v) is 10.7. The van der Waals surface area contributed by atoms with Crippen molar-refractivity contribution in [2.75, 3.05) is 0 Å². The van der Waals surface area contributed by atoms with Crippen LogP contribution in [0.1, 0.15) is 45.1 Å². The molecule has 0 atom stereocenters. The largest absolute Gasteiger partial charge is 0.353 e. The monoisotopic (exact) mass is 231 g/mol. The molecule has 2 nitrogen and oxygen atoms in total. The van der Waals surface area contributed by atoms with Crippen molar-refractivity contribution in [2.24, 2.45) is 0 Å². The second-order valence-corrected chi connectivity index (χ2v) is 5.28. The van der Waals surface area contributed by atoms with Gasteiger partial charge in [-0.1, -0.05) is 43.2 Å². The molecule has 1 saturated carbocycles. The average molecular weight is 231 g/mol. The summed E-state index contributed by atoms with van der Waals surface area (Å²) in [5, 5.41) is 3.09. The standard InChI is InChI=1S/C15H21NO/c1-12(2)16-14(17)15(10-6-7-11-15)13-8-4-3-5-9-13/h3-5,8-9,12H,6-7,10-11H2,1-2H3,(H,16,17). The van der Waals surface area contributed by atoms with Crippen LogP contribution in [-0.4, -0.2) is 11.9 Å². The number of rotatable bonds is 3. The third-order valence-corrected chi connectivity index (χ3v) is 3.64. The summed E-state index contributed by atoms with van der Waals surface area (Å²) in [6.45, 7) is 4.04. The van der Waals surface area contributed by atoms with Gasteiger partial charge < -0.3 is 5.32 Å². The number of hydrogen-bond donors (Lipinski definition) is 1. The summed E-state index contributed by atoms with van der Waals surface area (Å²) in [5.41, 5.74) is 0.904. The van der Waals surface area contributed by atoms with Crippen LogP contribution in [0.15, 0.2) is 30.3 Å². The number of benzene rings is 1. The first kappa shape index (κ1) is 12.2. The highest BCUT2D eigenvalue weighted by Crippen LogP contribution is 2.41. The fraction of sp³-hybridized carbons (Fsp3) is 0.533. The molecule has 92 valence electrons. The third kappa shape index (κ3) is 2.36. The molecule has 2 rings (SSSR count). The SMILES string of the molecule is CC(C)NC(=O)C1(c2ccccc2)CCCC1. The molecule has 1 fully saturated rings. The Morgan fingerprint density at radius 1 is 1.18 bits per heavy atom. The molecule has 1 N–H and O–H groups in total. The van der Waals surface area contributed by atoms with Gasteiger partial charge in [0.1, 0.15) is 0 Å². The minimum absolute atomic E-state index is 0.205. The van der Waals surface area contributed by atoms with Crippen molar-refractivity contribution in [1.29, 1.82) is 0 Å². The maximum atomic E-state index is 12.5. The second-order valence-electron chi connectivity index (χ2n) is 5.28. The number of nitrogens with one attached hydrogen (secondary N) is 1. The van der Waals surface area contributed by atoms with Crippen molar-refractivity contribution in [3.8, 4) is 0 Å². The first-order chi connectivity index (χ1) is 8.15. The van der Waals surface area contributed by atoms with Crippen LogP contribution in [-0.2, 0) is 10.2 Å². The Hall–Kier alpha value is -1.31. The van der Waals surface area contributed by atoms with E-state index in [1.165, 1.54) is 5.56 Å². The van der Waals surface area contributed by atoms with Gasteiger partial charge in [-0.15, -0.1) is 0 Å². The van der Waals surface area contributed by atoms with E-state index in [1.807, 2.05) is 32.0 Å². The van der Waals surface area contributed by atoms with Crippen LogP contribution in [0.25, 0.3) is 0 Å². The molecule has 17 heavy (non-hydrogen) atoms. The van der Waals surface area contributed by atoms with E-state index in [2.05, 4.69) is 17.4 Å². The summed E-state index contributed by atoms with van der Waals surface area (Å²) in [6.07, 6.45) is 4.27. The predicted octanol–water partition coefficient (Wildman–Crippen LogP) is 3.02. The lowest BCUT2D eigenvalue weighted by Crippen LogP contribution is -2.45. The van der Waals surface area contributed by atoms with Crippen molar-refractivity contribution < 1.29 is 4.79 Å². The Labute approximate surface area is 103 Å². The zero-order valence-electron chi connectivity index (χ0n) is 10.7. The molecule has 0 unspecified atom stereocenters. The van der Waals surface area contributed by atoms with E-state index in [-0.39, 0.29) is 17.4 Å². The smallest absolute Gasteiger partial charge is 0.230 e. The summed E-state index contributed by atoms with van der Waals surface area (Å²) in [4.78, 5) is 12.5. The van der Waals surface area contributed by atoms with E-state index in [0.717, 1.165) is 25.7 Å². The van der Waals surface area contributed by atoms with Crippen molar-refractivity contribution in [3.05, 3.63) is 35.9 Å². The Morgan fingerprint density at radius 3 is 2.29 bits per heavy atom. The molecule has 1 aromatic carbocycles. The van der Waals surface area contributed by atoms with Gasteiger partial charge in [0.25, 0.3) is 0 Å². The fourth-order valence-electron chi connectivity index (χ4n) is 2.78. The van der Waals surface area contributed by atoms with Gasteiger partial charge in [0.2, 0.25) is 5.91 Å². The minimum Gasteiger partial charge on any atom is -0.353 e. The first-order valence-electron chi connectivity index (χ1n) is 6.52. The van der Waals surface area contributed by atoms with Gasteiger partial charge in [-0.2, -0.15) is 0 Å². The van der Waals surface area contributed by atoms with Crippen LogP contribution in [0.5, 0.6) is 0 Å². The van der Waals surface area contributed by atoms with E-state index in [1.54, 1.807) is 0 Å². The van der Waals surface area contributed by atoms with Crippen molar-refractivity contribution in [2.45, 2.75) is 51.0 Å². The molecular formula is C15H21NO. The second kappa shape index (κ2) is 4.91. The maximum absolute atomic E-state index is 12.5. The number of carbonyl (C=O) groups excluding carboxylic acids is 1. The van der Waals surface area contributed by atoms with E-state index in [4.69, 9.17) is 0 Å². The normalized spacial score (nSPS) is 18.3. The highest BCUT2D eigenvalue weighted by atomic mass is 16.2. The molecular weight excluding hydrogens is 210 g/mol. The molecule has 1 aliphatic rings. The van der Waals surface area contributed by atoms with Crippen LogP contribution >= 0.6 is 0 Å². The topological polar surface area (TPSA) is 29.1 Å². The summed E-state index contributed by atoms with van der Waals surface area (Å²) in [6, 6.07) is 10.4. The van der Waals surface area contributed by atoms with Crippen LogP contribution in [0.2, 0.25) is 0 Å². The van der Waals surface area contributed by atoms with Crippen LogP contribution in [0.4, 0.5) is 0 Å². The highest BCUT2D eigenvalue weighted by molar-refractivity contribution is 5.88. The third-order valence-electron chi connectivity index (χ3n) is 3.64. The Bertz CT molecular complexity index is 377. The number of hydrogen-bond acceptors (Lipinski definition) is 1. The lowest BCUT2D eigenvalue weighted by molar-refractivity contribution is -0.127. The quantitative estimate of drug-likeness (QED) is 0.851. The summed E-state index contributed by atoms with van der Waals surface area (Å²) < 4.78 is 0. The van der Waals surface area contributed by atoms with Crippen molar-refractivity contribution >= 4 is 5.91 Å². The summed E-state index contributed by atoms with van der Waals surface area (Å²) in [5.74, 6) is 0.205. The average Bonchev–Trinajstić information content (AvgIpc) is 2.79. The van der Waals surface area contributed by atoms with Gasteiger partial charge in [-0.05, 0) is 32.3 Å². The molecule has 0 aromatic heterocycles. The lowest BCUT2D eigenvalue weighted by Gasteiger charge is -2.29. The van der Waals surface area contributed by atoms with Crippen molar-refractivity contribution in [1.82, 2.24) is 5.32 Å². The molecule has 1 aliphatic carbocycles. The van der Waals surface area contributed by atoms with Crippen LogP contribution in [0, 0.1) is 0 Å². The van der Waals surface area contributed by atoms with E-state index in [9.17, 15) is 4.79 Å². The lowest BCUT2D eigenvalue weighted by atomic mass is 9.78. The molecule has 0 radical (unpaired) electrons. The van der Waals surface area contributed by atoms with Crippen LogP contribution in [0.3, 0.4) is 0 Å². The van der Waals surface area contributed by atoms with Crippen molar-refractivity contribution in [3.63, 3.8) is 0 Å². The predicted molar refractivity (Wildman–Crippen MR) is 69.9 cm³/mol. The van der Waals surface area contributed by atoms with Gasteiger partial charge in [-0.3, -0.25) is 4.79 Å². The Kier molecular flexibility index (Phi) is 3.51. The van der Waals surface area contributed by atoms with Crippen LogP contribution < -0.4 is 5.32 Å². The molecule has 1 amide bonds.